The molecular weight excluding hydrogens is 489 g/mol. The topological polar surface area (TPSA) is 117 Å². The highest BCUT2D eigenvalue weighted by atomic mass is 19.1. The maximum atomic E-state index is 14.2. The van der Waals surface area contributed by atoms with E-state index in [1.807, 2.05) is 12.1 Å². The Morgan fingerprint density at radius 2 is 2.03 bits per heavy atom. The average molecular weight is 520 g/mol. The van der Waals surface area contributed by atoms with Gasteiger partial charge >= 0.3 is 0 Å². The number of likely N-dealkylation sites (N-methyl/N-ethyl adjacent to an activating group) is 1. The maximum Gasteiger partial charge on any atom is 0.291 e. The summed E-state index contributed by atoms with van der Waals surface area (Å²) in [4.78, 5) is 43.8. The fourth-order valence-electron chi connectivity index (χ4n) is 4.51. The van der Waals surface area contributed by atoms with Gasteiger partial charge in [-0.25, -0.2) is 9.37 Å². The number of Topliss-reactive ketones (excluding diaryl/α,β-unsaturated/α-hetero) is 1. The van der Waals surface area contributed by atoms with Crippen LogP contribution in [0.15, 0.2) is 36.4 Å². The molecule has 2 heterocycles. The Bertz CT molecular complexity index is 1380. The highest BCUT2D eigenvalue weighted by Crippen LogP contribution is 2.34. The lowest BCUT2D eigenvalue weighted by Crippen LogP contribution is -2.49. The molecule has 1 atom stereocenters. The van der Waals surface area contributed by atoms with Gasteiger partial charge < -0.3 is 15.0 Å². The van der Waals surface area contributed by atoms with Crippen LogP contribution < -0.4 is 15.0 Å². The molecule has 9 nitrogen and oxygen atoms in total. The van der Waals surface area contributed by atoms with E-state index in [0.717, 1.165) is 24.0 Å². The molecule has 10 heteroatoms. The van der Waals surface area contributed by atoms with Crippen molar-refractivity contribution in [1.29, 1.82) is 0 Å². The van der Waals surface area contributed by atoms with Crippen LogP contribution in [0.25, 0.3) is 0 Å². The maximum absolute atomic E-state index is 14.2. The highest BCUT2D eigenvalue weighted by molar-refractivity contribution is 6.02. The second-order valence-electron chi connectivity index (χ2n) is 10.1. The number of H-pyrrole nitrogens is 1. The van der Waals surface area contributed by atoms with Gasteiger partial charge in [-0.3, -0.25) is 19.5 Å². The summed E-state index contributed by atoms with van der Waals surface area (Å²) in [7, 11) is 1.62. The van der Waals surface area contributed by atoms with Crippen LogP contribution >= 0.6 is 0 Å². The Balaban J connectivity index is 1.21. The van der Waals surface area contributed by atoms with Crippen LogP contribution in [0, 0.1) is 18.7 Å². The summed E-state index contributed by atoms with van der Waals surface area (Å²) in [6, 6.07) is 9.48. The summed E-state index contributed by atoms with van der Waals surface area (Å²) in [6.07, 6.45) is 4.17. The number of carbonyl (C=O) groups excluding carboxylic acids is 3. The molecule has 1 aliphatic carbocycles. The number of benzene rings is 2. The lowest BCUT2D eigenvalue weighted by molar-refractivity contribution is -0.120. The molecule has 2 aromatic carbocycles. The van der Waals surface area contributed by atoms with Crippen molar-refractivity contribution in [3.05, 3.63) is 70.6 Å². The van der Waals surface area contributed by atoms with Crippen LogP contribution in [-0.4, -0.2) is 52.5 Å². The van der Waals surface area contributed by atoms with Crippen molar-refractivity contribution in [3.63, 3.8) is 0 Å². The number of ketones is 1. The summed E-state index contributed by atoms with van der Waals surface area (Å²) in [5.74, 6) is 0.181. The quantitative estimate of drug-likeness (QED) is 0.448. The van der Waals surface area contributed by atoms with E-state index in [0.29, 0.717) is 48.0 Å². The Kier molecular flexibility index (Phi) is 7.22. The van der Waals surface area contributed by atoms with E-state index in [1.54, 1.807) is 32.2 Å². The number of rotatable bonds is 9. The van der Waals surface area contributed by atoms with Crippen molar-refractivity contribution in [3.8, 4) is 5.75 Å². The molecule has 1 saturated carbocycles. The van der Waals surface area contributed by atoms with E-state index < -0.39 is 11.9 Å². The molecular formula is C28H30FN5O4. The normalized spacial score (nSPS) is 17.0. The minimum absolute atomic E-state index is 0.0625. The molecule has 2 aliphatic rings. The first kappa shape index (κ1) is 25.6. The van der Waals surface area contributed by atoms with Crippen LogP contribution in [0.1, 0.15) is 58.8 Å². The molecule has 0 spiro atoms. The van der Waals surface area contributed by atoms with Gasteiger partial charge in [0.05, 0.1) is 5.69 Å². The van der Waals surface area contributed by atoms with Gasteiger partial charge in [0.15, 0.2) is 0 Å². The molecule has 38 heavy (non-hydrogen) atoms. The molecule has 2 N–H and O–H groups in total. The number of nitrogens with zero attached hydrogens (tertiary/aromatic N) is 3. The van der Waals surface area contributed by atoms with Gasteiger partial charge in [-0.05, 0) is 67.0 Å². The van der Waals surface area contributed by atoms with Crippen molar-refractivity contribution in [1.82, 2.24) is 20.5 Å². The lowest BCUT2D eigenvalue weighted by atomic mass is 10.0. The van der Waals surface area contributed by atoms with Crippen molar-refractivity contribution < 1.29 is 23.5 Å². The number of amides is 2. The van der Waals surface area contributed by atoms with Gasteiger partial charge in [-0.1, -0.05) is 18.2 Å². The average Bonchev–Trinajstić information content (AvgIpc) is 3.60. The first-order chi connectivity index (χ1) is 18.3. The predicted molar refractivity (Wildman–Crippen MR) is 138 cm³/mol. The van der Waals surface area contributed by atoms with Crippen molar-refractivity contribution in [2.75, 3.05) is 18.6 Å². The summed E-state index contributed by atoms with van der Waals surface area (Å²) >= 11 is 0. The third kappa shape index (κ3) is 5.90. The molecule has 2 amide bonds. The third-order valence-corrected chi connectivity index (χ3v) is 6.93. The Morgan fingerprint density at radius 1 is 1.21 bits per heavy atom. The smallest absolute Gasteiger partial charge is 0.291 e. The number of hydrogen-bond acceptors (Lipinski definition) is 6. The summed E-state index contributed by atoms with van der Waals surface area (Å²) in [5.41, 5.74) is 2.76. The number of ether oxygens (including phenoxy) is 1. The number of anilines is 1. The van der Waals surface area contributed by atoms with Gasteiger partial charge in [0.2, 0.25) is 5.82 Å². The SMILES string of the molecule is Cc1ccc(Cc2nc(C(=O)NC3COc4ccc(CCC(=O)CC5CC5)cc4N(C)C3=O)n[nH]2)c(F)c1. The highest BCUT2D eigenvalue weighted by Gasteiger charge is 2.32. The zero-order valence-corrected chi connectivity index (χ0v) is 21.4. The van der Waals surface area contributed by atoms with E-state index in [4.69, 9.17) is 4.74 Å². The minimum Gasteiger partial charge on any atom is -0.489 e. The van der Waals surface area contributed by atoms with Gasteiger partial charge in [0.1, 0.15) is 35.8 Å². The fraction of sp³-hybridized carbons (Fsp3) is 0.393. The van der Waals surface area contributed by atoms with Crippen LogP contribution in [0.2, 0.25) is 0 Å². The second kappa shape index (κ2) is 10.7. The van der Waals surface area contributed by atoms with Crippen LogP contribution in [0.4, 0.5) is 10.1 Å². The molecule has 1 unspecified atom stereocenters. The van der Waals surface area contributed by atoms with Crippen LogP contribution in [0.5, 0.6) is 5.75 Å². The second-order valence-corrected chi connectivity index (χ2v) is 10.1. The zero-order valence-electron chi connectivity index (χ0n) is 21.4. The zero-order chi connectivity index (χ0) is 26.8. The molecule has 198 valence electrons. The number of aromatic amines is 1. The first-order valence-electron chi connectivity index (χ1n) is 12.8. The van der Waals surface area contributed by atoms with Crippen molar-refractivity contribution >= 4 is 23.3 Å². The Labute approximate surface area is 219 Å². The van der Waals surface area contributed by atoms with Gasteiger partial charge in [-0.2, -0.15) is 0 Å². The van der Waals surface area contributed by atoms with Gasteiger partial charge in [-0.15, -0.1) is 5.10 Å². The van der Waals surface area contributed by atoms with Crippen molar-refractivity contribution in [2.45, 2.75) is 51.5 Å². The van der Waals surface area contributed by atoms with E-state index in [1.165, 1.54) is 11.0 Å². The number of carbonyl (C=O) groups is 3. The third-order valence-electron chi connectivity index (χ3n) is 6.93. The number of aromatic nitrogens is 3. The van der Waals surface area contributed by atoms with E-state index >= 15 is 0 Å². The molecule has 0 bridgehead atoms. The molecule has 1 fully saturated rings. The van der Waals surface area contributed by atoms with E-state index in [2.05, 4.69) is 20.5 Å². The largest absolute Gasteiger partial charge is 0.489 e. The molecule has 5 rings (SSSR count). The first-order valence-corrected chi connectivity index (χ1v) is 12.8. The molecule has 0 radical (unpaired) electrons. The lowest BCUT2D eigenvalue weighted by Gasteiger charge is -2.20. The summed E-state index contributed by atoms with van der Waals surface area (Å²) in [6.45, 7) is 1.74. The number of hydrogen-bond donors (Lipinski definition) is 2. The van der Waals surface area contributed by atoms with Crippen molar-refractivity contribution in [2.24, 2.45) is 5.92 Å². The number of nitrogens with one attached hydrogen (secondary N) is 2. The summed E-state index contributed by atoms with van der Waals surface area (Å²) < 4.78 is 20.0. The number of fused-ring (bicyclic) bond motifs is 1. The molecule has 1 aliphatic heterocycles. The van der Waals surface area contributed by atoms with E-state index in [-0.39, 0.29) is 36.4 Å². The monoisotopic (exact) mass is 519 g/mol. The van der Waals surface area contributed by atoms with Crippen LogP contribution in [0.3, 0.4) is 0 Å². The molecule has 0 saturated heterocycles. The number of halogens is 1. The van der Waals surface area contributed by atoms with E-state index in [9.17, 15) is 18.8 Å². The fourth-order valence-corrected chi connectivity index (χ4v) is 4.51. The Morgan fingerprint density at radius 3 is 2.79 bits per heavy atom. The van der Waals surface area contributed by atoms with Crippen LogP contribution in [-0.2, 0) is 22.4 Å². The van der Waals surface area contributed by atoms with Gasteiger partial charge in [0, 0.05) is 26.3 Å². The summed E-state index contributed by atoms with van der Waals surface area (Å²) in [5, 5.41) is 9.24. The Hall–Kier alpha value is -4.08. The standard InChI is InChI=1S/C28H30FN5O4/c1-16-3-8-19(21(29)11-16)14-25-31-26(33-32-25)27(36)30-22-15-38-24-10-7-18(13-23(24)34(2)28(22)37)6-9-20(35)12-17-4-5-17/h3,7-8,10-11,13,17,22H,4-6,9,12,14-15H2,1-2H3,(H,30,36)(H,31,32,33). The molecule has 1 aromatic heterocycles. The minimum atomic E-state index is -0.958. The predicted octanol–water partition coefficient (Wildman–Crippen LogP) is 3.30. The van der Waals surface area contributed by atoms with Gasteiger partial charge in [0.25, 0.3) is 11.8 Å². The number of aryl methyl sites for hydroxylation is 2. The molecule has 3 aromatic rings.